The van der Waals surface area contributed by atoms with E-state index < -0.39 is 12.1 Å². The van der Waals surface area contributed by atoms with Crippen LogP contribution in [-0.4, -0.2) is 69.4 Å². The predicted molar refractivity (Wildman–Crippen MR) is 104 cm³/mol. The van der Waals surface area contributed by atoms with E-state index in [0.29, 0.717) is 24.5 Å². The van der Waals surface area contributed by atoms with E-state index >= 15 is 0 Å². The molecule has 0 aromatic rings. The first-order valence-electron chi connectivity index (χ1n) is 9.55. The van der Waals surface area contributed by atoms with E-state index in [2.05, 4.69) is 37.3 Å². The summed E-state index contributed by atoms with van der Waals surface area (Å²) in [4.78, 5) is 23.2. The van der Waals surface area contributed by atoms with Crippen LogP contribution in [0.1, 0.15) is 46.5 Å². The number of nitrogens with zero attached hydrogens (tertiary/aromatic N) is 3. The number of rotatable bonds is 5. The van der Waals surface area contributed by atoms with Crippen LogP contribution < -0.4 is 5.43 Å². The molecule has 2 aliphatic rings. The van der Waals surface area contributed by atoms with Crippen molar-refractivity contribution in [2.75, 3.05) is 18.2 Å². The third-order valence-corrected chi connectivity index (χ3v) is 5.76. The van der Waals surface area contributed by atoms with E-state index in [-0.39, 0.29) is 11.9 Å². The monoisotopic (exact) mass is 438 g/mol. The molecule has 29 heavy (non-hydrogen) atoms. The zero-order chi connectivity index (χ0) is 22.2. The Labute approximate surface area is 173 Å². The number of carboxylic acid groups (broad SMARTS) is 1. The van der Waals surface area contributed by atoms with Gasteiger partial charge in [-0.3, -0.25) is 10.2 Å². The lowest BCUT2D eigenvalue weighted by Gasteiger charge is -2.37. The number of hydrogen-bond donors (Lipinski definition) is 2. The average molecular weight is 439 g/mol. The fourth-order valence-corrected chi connectivity index (χ4v) is 4.30. The first-order valence-corrected chi connectivity index (χ1v) is 10.7. The summed E-state index contributed by atoms with van der Waals surface area (Å²) in [6, 6.07) is 2.72. The first-order chi connectivity index (χ1) is 13.5. The Balaban J connectivity index is 0.000000516. The summed E-state index contributed by atoms with van der Waals surface area (Å²) in [5.74, 6) is -0.503. The van der Waals surface area contributed by atoms with E-state index in [1.807, 2.05) is 0 Å². The Hall–Kier alpha value is -1.51. The highest BCUT2D eigenvalue weighted by Gasteiger charge is 2.38. The number of carbonyl (C=O) groups is 2. The van der Waals surface area contributed by atoms with Crippen molar-refractivity contribution in [3.05, 3.63) is 0 Å². The van der Waals surface area contributed by atoms with Crippen LogP contribution in [0, 0.1) is 17.2 Å². The van der Waals surface area contributed by atoms with Gasteiger partial charge in [-0.25, -0.2) is 9.80 Å². The molecular weight excluding hydrogens is 409 g/mol. The largest absolute Gasteiger partial charge is 0.490 e. The third kappa shape index (κ3) is 8.80. The molecule has 1 heterocycles. The standard InChI is InChI=1S/C16H28N4OS.C2HF3O2/c1-12(2)18-20(14-6-4-13(3)5-7-14)9-16(21)19-11-22-10-15(19)8-17;3-2(4,5)1(6)7/h12-15,18H,4-7,9-11H2,1-3H3;(H,6,7). The molecule has 0 spiro atoms. The number of thioether (sulfide) groups is 1. The van der Waals surface area contributed by atoms with E-state index in [0.717, 1.165) is 24.5 Å². The number of halogens is 3. The number of nitrogens with one attached hydrogen (secondary N) is 1. The topological polar surface area (TPSA) is 96.7 Å². The quantitative estimate of drug-likeness (QED) is 0.637. The van der Waals surface area contributed by atoms with Crippen molar-refractivity contribution in [1.82, 2.24) is 15.3 Å². The van der Waals surface area contributed by atoms with Crippen molar-refractivity contribution < 1.29 is 27.9 Å². The average Bonchev–Trinajstić information content (AvgIpc) is 3.10. The van der Waals surface area contributed by atoms with Crippen LogP contribution in [0.25, 0.3) is 0 Å². The van der Waals surface area contributed by atoms with Gasteiger partial charge in [0.2, 0.25) is 5.91 Å². The molecule has 1 atom stereocenters. The van der Waals surface area contributed by atoms with Crippen LogP contribution in [-0.2, 0) is 9.59 Å². The van der Waals surface area contributed by atoms with Crippen molar-refractivity contribution in [3.8, 4) is 6.07 Å². The molecule has 11 heteroatoms. The molecule has 2 rings (SSSR count). The molecule has 1 saturated heterocycles. The fraction of sp³-hybridized carbons (Fsp3) is 0.833. The number of alkyl halides is 3. The molecule has 166 valence electrons. The predicted octanol–water partition coefficient (Wildman–Crippen LogP) is 2.84. The Morgan fingerprint density at radius 2 is 1.86 bits per heavy atom. The molecule has 0 bridgehead atoms. The van der Waals surface area contributed by atoms with E-state index in [4.69, 9.17) is 15.2 Å². The molecule has 1 unspecified atom stereocenters. The number of carbonyl (C=O) groups excluding carboxylic acids is 1. The Bertz CT molecular complexity index is 590. The van der Waals surface area contributed by atoms with Gasteiger partial charge >= 0.3 is 12.1 Å². The highest BCUT2D eigenvalue weighted by Crippen LogP contribution is 2.27. The lowest BCUT2D eigenvalue weighted by molar-refractivity contribution is -0.192. The van der Waals surface area contributed by atoms with Crippen LogP contribution >= 0.6 is 11.8 Å². The zero-order valence-corrected chi connectivity index (χ0v) is 17.7. The Morgan fingerprint density at radius 1 is 1.31 bits per heavy atom. The molecule has 0 aromatic carbocycles. The number of hydrazine groups is 1. The number of nitriles is 1. The van der Waals surface area contributed by atoms with Crippen molar-refractivity contribution >= 4 is 23.6 Å². The van der Waals surface area contributed by atoms with Gasteiger partial charge in [-0.15, -0.1) is 11.8 Å². The number of aliphatic carboxylic acids is 1. The Morgan fingerprint density at radius 3 is 2.31 bits per heavy atom. The molecule has 1 amide bonds. The van der Waals surface area contributed by atoms with Crippen molar-refractivity contribution in [3.63, 3.8) is 0 Å². The normalized spacial score (nSPS) is 24.8. The maximum Gasteiger partial charge on any atom is 0.490 e. The first kappa shape index (κ1) is 25.5. The van der Waals surface area contributed by atoms with Gasteiger partial charge < -0.3 is 10.0 Å². The third-order valence-electron chi connectivity index (χ3n) is 4.75. The second kappa shape index (κ2) is 11.6. The fourth-order valence-electron chi connectivity index (χ4n) is 3.20. The van der Waals surface area contributed by atoms with Crippen LogP contribution in [0.2, 0.25) is 0 Å². The molecular formula is C18H29F3N4O3S. The van der Waals surface area contributed by atoms with Gasteiger partial charge in [-0.1, -0.05) is 6.92 Å². The highest BCUT2D eigenvalue weighted by molar-refractivity contribution is 7.99. The van der Waals surface area contributed by atoms with E-state index in [9.17, 15) is 18.0 Å². The van der Waals surface area contributed by atoms with E-state index in [1.165, 1.54) is 12.8 Å². The lowest BCUT2D eigenvalue weighted by Crippen LogP contribution is -2.54. The number of hydrogen-bond acceptors (Lipinski definition) is 6. The molecule has 2 fully saturated rings. The minimum absolute atomic E-state index is 0.0725. The van der Waals surface area contributed by atoms with Gasteiger partial charge in [0.1, 0.15) is 6.04 Å². The molecule has 0 radical (unpaired) electrons. The maximum atomic E-state index is 12.6. The molecule has 1 aliphatic heterocycles. The van der Waals surface area contributed by atoms with Gasteiger partial charge in [-0.2, -0.15) is 18.4 Å². The summed E-state index contributed by atoms with van der Waals surface area (Å²) in [6.07, 6.45) is -0.333. The summed E-state index contributed by atoms with van der Waals surface area (Å²) in [5.41, 5.74) is 3.45. The summed E-state index contributed by atoms with van der Waals surface area (Å²) >= 11 is 1.66. The number of amides is 1. The zero-order valence-electron chi connectivity index (χ0n) is 16.9. The molecule has 0 aromatic heterocycles. The van der Waals surface area contributed by atoms with Gasteiger partial charge in [-0.05, 0) is 45.4 Å². The van der Waals surface area contributed by atoms with Gasteiger partial charge in [0.25, 0.3) is 0 Å². The number of carboxylic acids is 1. The smallest absolute Gasteiger partial charge is 0.475 e. The van der Waals surface area contributed by atoms with Crippen LogP contribution in [0.3, 0.4) is 0 Å². The maximum absolute atomic E-state index is 12.6. The van der Waals surface area contributed by atoms with Gasteiger partial charge in [0, 0.05) is 17.8 Å². The van der Waals surface area contributed by atoms with Crippen molar-refractivity contribution in [2.45, 2.75) is 70.8 Å². The van der Waals surface area contributed by atoms with Crippen LogP contribution in [0.5, 0.6) is 0 Å². The minimum Gasteiger partial charge on any atom is -0.475 e. The molecule has 2 N–H and O–H groups in total. The van der Waals surface area contributed by atoms with Crippen LogP contribution in [0.15, 0.2) is 0 Å². The molecule has 1 aliphatic carbocycles. The minimum atomic E-state index is -5.08. The van der Waals surface area contributed by atoms with Gasteiger partial charge in [0.15, 0.2) is 0 Å². The SMILES string of the molecule is CC1CCC(N(CC(=O)N2CSCC2C#N)NC(C)C)CC1.O=C(O)C(F)(F)F. The second-order valence-electron chi connectivity index (χ2n) is 7.64. The van der Waals surface area contributed by atoms with Crippen molar-refractivity contribution in [1.29, 1.82) is 5.26 Å². The van der Waals surface area contributed by atoms with E-state index in [1.54, 1.807) is 16.7 Å². The van der Waals surface area contributed by atoms with Gasteiger partial charge in [0.05, 0.1) is 18.5 Å². The summed E-state index contributed by atoms with van der Waals surface area (Å²) in [6.45, 7) is 6.88. The lowest BCUT2D eigenvalue weighted by atomic mass is 9.87. The molecule has 1 saturated carbocycles. The van der Waals surface area contributed by atoms with Crippen LogP contribution in [0.4, 0.5) is 13.2 Å². The summed E-state index contributed by atoms with van der Waals surface area (Å²) < 4.78 is 31.7. The second-order valence-corrected chi connectivity index (χ2v) is 8.64. The summed E-state index contributed by atoms with van der Waals surface area (Å²) in [7, 11) is 0. The highest BCUT2D eigenvalue weighted by atomic mass is 32.2. The Kier molecular flexibility index (Phi) is 10.2. The van der Waals surface area contributed by atoms with Crippen molar-refractivity contribution in [2.24, 2.45) is 5.92 Å². The molecule has 7 nitrogen and oxygen atoms in total. The summed E-state index contributed by atoms with van der Waals surface area (Å²) in [5, 5.41) is 18.4.